The molecule has 1 N–H and O–H groups in total. The predicted molar refractivity (Wildman–Crippen MR) is 60.6 cm³/mol. The van der Waals surface area contributed by atoms with Gasteiger partial charge in [-0.25, -0.2) is 0 Å². The Hall–Kier alpha value is -0.570. The minimum Gasteiger partial charge on any atom is -0.396 e. The maximum absolute atomic E-state index is 11.9. The Labute approximate surface area is 92.5 Å². The van der Waals surface area contributed by atoms with Gasteiger partial charge in [0.25, 0.3) is 0 Å². The molecular formula is C12H23NO2. The molecule has 3 nitrogen and oxygen atoms in total. The van der Waals surface area contributed by atoms with Crippen LogP contribution < -0.4 is 0 Å². The summed E-state index contributed by atoms with van der Waals surface area (Å²) in [7, 11) is 0. The summed E-state index contributed by atoms with van der Waals surface area (Å²) < 4.78 is 0. The van der Waals surface area contributed by atoms with Crippen molar-refractivity contribution in [3.05, 3.63) is 0 Å². The zero-order valence-corrected chi connectivity index (χ0v) is 9.74. The smallest absolute Gasteiger partial charge is 0.222 e. The van der Waals surface area contributed by atoms with Gasteiger partial charge in [-0.3, -0.25) is 4.79 Å². The average molecular weight is 213 g/mol. The fourth-order valence-corrected chi connectivity index (χ4v) is 2.39. The third kappa shape index (κ3) is 3.82. The second-order valence-corrected chi connectivity index (χ2v) is 4.30. The van der Waals surface area contributed by atoms with Crippen molar-refractivity contribution in [3.63, 3.8) is 0 Å². The van der Waals surface area contributed by atoms with E-state index >= 15 is 0 Å². The number of hydrogen-bond donors (Lipinski definition) is 1. The van der Waals surface area contributed by atoms with Crippen LogP contribution in [-0.2, 0) is 4.79 Å². The summed E-state index contributed by atoms with van der Waals surface area (Å²) in [6, 6.07) is 0.497. The van der Waals surface area contributed by atoms with Crippen molar-refractivity contribution in [3.8, 4) is 0 Å². The van der Waals surface area contributed by atoms with Crippen LogP contribution in [0.3, 0.4) is 0 Å². The highest BCUT2D eigenvalue weighted by molar-refractivity contribution is 5.76. The van der Waals surface area contributed by atoms with E-state index in [-0.39, 0.29) is 12.5 Å². The molecule has 15 heavy (non-hydrogen) atoms. The van der Waals surface area contributed by atoms with Gasteiger partial charge in [0.1, 0.15) is 0 Å². The highest BCUT2D eigenvalue weighted by Crippen LogP contribution is 2.24. The molecule has 1 fully saturated rings. The highest BCUT2D eigenvalue weighted by atomic mass is 16.3. The molecule has 0 unspecified atom stereocenters. The van der Waals surface area contributed by atoms with E-state index in [1.165, 1.54) is 25.7 Å². The topological polar surface area (TPSA) is 40.5 Å². The molecule has 1 rings (SSSR count). The number of hydrogen-bond acceptors (Lipinski definition) is 2. The lowest BCUT2D eigenvalue weighted by atomic mass is 10.1. The Kier molecular flexibility index (Phi) is 5.69. The van der Waals surface area contributed by atoms with E-state index < -0.39 is 0 Å². The lowest BCUT2D eigenvalue weighted by Crippen LogP contribution is -2.38. The molecular weight excluding hydrogens is 190 g/mol. The lowest BCUT2D eigenvalue weighted by Gasteiger charge is -2.27. The van der Waals surface area contributed by atoms with Crippen LogP contribution in [0.15, 0.2) is 0 Å². The summed E-state index contributed by atoms with van der Waals surface area (Å²) in [4.78, 5) is 13.9. The van der Waals surface area contributed by atoms with Crippen molar-refractivity contribution in [2.45, 2.75) is 57.9 Å². The van der Waals surface area contributed by atoms with Gasteiger partial charge in [-0.1, -0.05) is 12.8 Å². The van der Waals surface area contributed by atoms with Crippen molar-refractivity contribution >= 4 is 5.91 Å². The summed E-state index contributed by atoms with van der Waals surface area (Å²) in [6.45, 7) is 3.09. The van der Waals surface area contributed by atoms with Gasteiger partial charge in [-0.05, 0) is 32.6 Å². The number of nitrogens with zero attached hydrogens (tertiary/aromatic N) is 1. The molecule has 3 heteroatoms. The van der Waals surface area contributed by atoms with E-state index in [9.17, 15) is 4.79 Å². The summed E-state index contributed by atoms with van der Waals surface area (Å²) in [5.74, 6) is 0.276. The van der Waals surface area contributed by atoms with Gasteiger partial charge in [-0.2, -0.15) is 0 Å². The normalized spacial score (nSPS) is 16.9. The molecule has 0 saturated heterocycles. The van der Waals surface area contributed by atoms with Crippen LogP contribution in [0, 0.1) is 0 Å². The van der Waals surface area contributed by atoms with E-state index in [1.807, 2.05) is 4.90 Å². The Balaban J connectivity index is 2.32. The van der Waals surface area contributed by atoms with Crippen molar-refractivity contribution < 1.29 is 9.90 Å². The van der Waals surface area contributed by atoms with Crippen LogP contribution in [-0.4, -0.2) is 35.1 Å². The molecule has 88 valence electrons. The van der Waals surface area contributed by atoms with Crippen molar-refractivity contribution in [2.24, 2.45) is 0 Å². The molecule has 1 aliphatic carbocycles. The molecule has 0 atom stereocenters. The van der Waals surface area contributed by atoms with Crippen LogP contribution in [0.25, 0.3) is 0 Å². The van der Waals surface area contributed by atoms with E-state index in [4.69, 9.17) is 5.11 Å². The van der Waals surface area contributed by atoms with Crippen LogP contribution >= 0.6 is 0 Å². The molecule has 1 aliphatic rings. The summed E-state index contributed by atoms with van der Waals surface area (Å²) >= 11 is 0. The summed E-state index contributed by atoms with van der Waals surface area (Å²) in [5.41, 5.74) is 0. The number of amides is 1. The van der Waals surface area contributed by atoms with Crippen LogP contribution in [0.5, 0.6) is 0 Å². The van der Waals surface area contributed by atoms with Crippen molar-refractivity contribution in [2.75, 3.05) is 13.2 Å². The summed E-state index contributed by atoms with van der Waals surface area (Å²) in [5, 5.41) is 8.66. The molecule has 1 saturated carbocycles. The first-order valence-corrected chi connectivity index (χ1v) is 6.20. The first-order chi connectivity index (χ1) is 7.29. The minimum absolute atomic E-state index is 0.197. The second-order valence-electron chi connectivity index (χ2n) is 4.30. The zero-order valence-electron chi connectivity index (χ0n) is 9.74. The fraction of sp³-hybridized carbons (Fsp3) is 0.917. The molecule has 1 amide bonds. The van der Waals surface area contributed by atoms with Gasteiger partial charge < -0.3 is 10.0 Å². The molecule has 0 aliphatic heterocycles. The number of aliphatic hydroxyl groups is 1. The second kappa shape index (κ2) is 6.83. The van der Waals surface area contributed by atoms with Gasteiger partial charge in [-0.15, -0.1) is 0 Å². The quantitative estimate of drug-likeness (QED) is 0.685. The van der Waals surface area contributed by atoms with E-state index in [0.717, 1.165) is 19.4 Å². The first kappa shape index (κ1) is 12.5. The number of aliphatic hydroxyl groups excluding tert-OH is 1. The third-order valence-corrected chi connectivity index (χ3v) is 3.23. The molecule has 0 bridgehead atoms. The Bertz CT molecular complexity index is 188. The van der Waals surface area contributed by atoms with Crippen molar-refractivity contribution in [1.82, 2.24) is 4.90 Å². The number of carbonyl (C=O) groups is 1. The number of rotatable bonds is 6. The Morgan fingerprint density at radius 2 is 2.00 bits per heavy atom. The number of carbonyl (C=O) groups excluding carboxylic acids is 1. The first-order valence-electron chi connectivity index (χ1n) is 6.20. The van der Waals surface area contributed by atoms with Crippen LogP contribution in [0.4, 0.5) is 0 Å². The molecule has 0 radical (unpaired) electrons. The third-order valence-electron chi connectivity index (χ3n) is 3.23. The molecule has 0 heterocycles. The van der Waals surface area contributed by atoms with Crippen LogP contribution in [0.1, 0.15) is 51.9 Å². The van der Waals surface area contributed by atoms with Gasteiger partial charge in [0.05, 0.1) is 0 Å². The van der Waals surface area contributed by atoms with Gasteiger partial charge >= 0.3 is 0 Å². The average Bonchev–Trinajstić information content (AvgIpc) is 2.73. The molecule has 0 aromatic heterocycles. The maximum atomic E-state index is 11.9. The maximum Gasteiger partial charge on any atom is 0.222 e. The van der Waals surface area contributed by atoms with Crippen molar-refractivity contribution in [1.29, 1.82) is 0 Å². The van der Waals surface area contributed by atoms with Gasteiger partial charge in [0, 0.05) is 25.6 Å². The van der Waals surface area contributed by atoms with Crippen LogP contribution in [0.2, 0.25) is 0 Å². The molecule has 0 aromatic carbocycles. The SMILES string of the molecule is CCN(C(=O)CCCCO)C1CCCC1. The Morgan fingerprint density at radius 3 is 2.53 bits per heavy atom. The van der Waals surface area contributed by atoms with E-state index in [0.29, 0.717) is 12.5 Å². The van der Waals surface area contributed by atoms with E-state index in [1.54, 1.807) is 0 Å². The van der Waals surface area contributed by atoms with Gasteiger partial charge in [0.15, 0.2) is 0 Å². The summed E-state index contributed by atoms with van der Waals surface area (Å²) in [6.07, 6.45) is 7.06. The van der Waals surface area contributed by atoms with E-state index in [2.05, 4.69) is 6.92 Å². The highest BCUT2D eigenvalue weighted by Gasteiger charge is 2.24. The largest absolute Gasteiger partial charge is 0.396 e. The fourth-order valence-electron chi connectivity index (χ4n) is 2.39. The standard InChI is InChI=1S/C12H23NO2/c1-2-13(11-7-3-4-8-11)12(15)9-5-6-10-14/h11,14H,2-10H2,1H3. The monoisotopic (exact) mass is 213 g/mol. The predicted octanol–water partition coefficient (Wildman–Crippen LogP) is 1.94. The molecule has 0 aromatic rings. The zero-order chi connectivity index (χ0) is 11.1. The molecule has 0 spiro atoms. The minimum atomic E-state index is 0.197. The van der Waals surface area contributed by atoms with Gasteiger partial charge in [0.2, 0.25) is 5.91 Å². The Morgan fingerprint density at radius 1 is 1.33 bits per heavy atom. The lowest BCUT2D eigenvalue weighted by molar-refractivity contribution is -0.133. The number of unbranched alkanes of at least 4 members (excludes halogenated alkanes) is 1.